The fraction of sp³-hybridized carbons (Fsp3) is 0.667. The zero-order valence-electron chi connectivity index (χ0n) is 13.4. The van der Waals surface area contributed by atoms with Crippen LogP contribution in [0.25, 0.3) is 0 Å². The van der Waals surface area contributed by atoms with Gasteiger partial charge in [0.2, 0.25) is 0 Å². The molecule has 23 heavy (non-hydrogen) atoms. The van der Waals surface area contributed by atoms with Gasteiger partial charge in [0.25, 0.3) is 5.56 Å². The van der Waals surface area contributed by atoms with Crippen molar-refractivity contribution in [2.24, 2.45) is 7.05 Å². The lowest BCUT2D eigenvalue weighted by atomic mass is 10.1. The third-order valence-electron chi connectivity index (χ3n) is 4.36. The molecule has 2 fully saturated rings. The molecule has 1 N–H and O–H groups in total. The first-order valence-corrected chi connectivity index (χ1v) is 8.09. The van der Waals surface area contributed by atoms with Gasteiger partial charge in [0.1, 0.15) is 11.9 Å². The Morgan fingerprint density at radius 3 is 2.57 bits per heavy atom. The van der Waals surface area contributed by atoms with Gasteiger partial charge in [-0.15, -0.1) is 0 Å². The Morgan fingerprint density at radius 2 is 1.91 bits per heavy atom. The van der Waals surface area contributed by atoms with E-state index in [4.69, 9.17) is 4.74 Å². The monoisotopic (exact) mass is 321 g/mol. The van der Waals surface area contributed by atoms with Crippen molar-refractivity contribution in [3.05, 3.63) is 22.5 Å². The number of rotatable bonds is 2. The summed E-state index contributed by atoms with van der Waals surface area (Å²) in [5, 5.41) is 7.48. The molecule has 3 heterocycles. The zero-order valence-corrected chi connectivity index (χ0v) is 13.4. The quantitative estimate of drug-likeness (QED) is 0.812. The summed E-state index contributed by atoms with van der Waals surface area (Å²) in [6, 6.07) is 3.27. The largest absolute Gasteiger partial charge is 0.446 e. The number of anilines is 1. The summed E-state index contributed by atoms with van der Waals surface area (Å²) in [6.45, 7) is 4.60. The van der Waals surface area contributed by atoms with E-state index in [1.54, 1.807) is 18.0 Å². The topological polar surface area (TPSA) is 79.7 Å². The van der Waals surface area contributed by atoms with Crippen LogP contribution in [0.3, 0.4) is 0 Å². The second kappa shape index (κ2) is 6.99. The molecule has 1 aromatic rings. The summed E-state index contributed by atoms with van der Waals surface area (Å²) in [5.74, 6) is 0.791. The lowest BCUT2D eigenvalue weighted by Crippen LogP contribution is -2.48. The lowest BCUT2D eigenvalue weighted by Gasteiger charge is -2.34. The molecule has 1 amide bonds. The molecule has 2 saturated heterocycles. The molecule has 3 rings (SSSR count). The lowest BCUT2D eigenvalue weighted by molar-refractivity contribution is 0.0490. The number of aromatic nitrogens is 2. The van der Waals surface area contributed by atoms with Crippen molar-refractivity contribution < 1.29 is 9.53 Å². The fourth-order valence-electron chi connectivity index (χ4n) is 2.93. The van der Waals surface area contributed by atoms with Gasteiger partial charge in [-0.2, -0.15) is 5.10 Å². The first-order valence-electron chi connectivity index (χ1n) is 8.09. The van der Waals surface area contributed by atoms with E-state index < -0.39 is 0 Å². The standard InChI is InChI=1S/C15H23N5O3/c1-18-14(21)3-2-13(17-18)19-8-4-12(5-9-19)23-15(22)20-10-6-16-7-11-20/h2-3,12,16H,4-11H2,1H3. The summed E-state index contributed by atoms with van der Waals surface area (Å²) in [5.41, 5.74) is -0.117. The predicted octanol–water partition coefficient (Wildman–Crippen LogP) is -0.209. The van der Waals surface area contributed by atoms with Crippen LogP contribution in [0, 0.1) is 0 Å². The van der Waals surface area contributed by atoms with Crippen LogP contribution in [-0.4, -0.2) is 66.1 Å². The average Bonchev–Trinajstić information content (AvgIpc) is 2.59. The number of nitrogens with one attached hydrogen (secondary N) is 1. The highest BCUT2D eigenvalue weighted by Crippen LogP contribution is 2.19. The first kappa shape index (κ1) is 15.8. The van der Waals surface area contributed by atoms with Crippen molar-refractivity contribution in [1.82, 2.24) is 20.0 Å². The van der Waals surface area contributed by atoms with Gasteiger partial charge >= 0.3 is 6.09 Å². The van der Waals surface area contributed by atoms with E-state index in [-0.39, 0.29) is 17.8 Å². The smallest absolute Gasteiger partial charge is 0.410 e. The second-order valence-corrected chi connectivity index (χ2v) is 5.96. The van der Waals surface area contributed by atoms with Gasteiger partial charge in [-0.3, -0.25) is 4.79 Å². The van der Waals surface area contributed by atoms with E-state index in [0.717, 1.165) is 44.8 Å². The minimum absolute atomic E-state index is 0.0406. The van der Waals surface area contributed by atoms with E-state index in [1.807, 2.05) is 0 Å². The number of ether oxygens (including phenoxy) is 1. The van der Waals surface area contributed by atoms with Gasteiger partial charge in [0, 0.05) is 65.2 Å². The Balaban J connectivity index is 1.50. The van der Waals surface area contributed by atoms with Gasteiger partial charge < -0.3 is 19.9 Å². The highest BCUT2D eigenvalue weighted by Gasteiger charge is 2.26. The molecule has 126 valence electrons. The van der Waals surface area contributed by atoms with Crippen molar-refractivity contribution >= 4 is 11.9 Å². The summed E-state index contributed by atoms with van der Waals surface area (Å²) in [6.07, 6.45) is 1.32. The van der Waals surface area contributed by atoms with Crippen LogP contribution in [0.1, 0.15) is 12.8 Å². The molecule has 0 spiro atoms. The van der Waals surface area contributed by atoms with Crippen LogP contribution >= 0.6 is 0 Å². The number of aryl methyl sites for hydroxylation is 1. The second-order valence-electron chi connectivity index (χ2n) is 5.96. The van der Waals surface area contributed by atoms with Gasteiger partial charge in [-0.25, -0.2) is 9.48 Å². The Bertz CT molecular complexity index is 603. The number of nitrogens with zero attached hydrogens (tertiary/aromatic N) is 4. The van der Waals surface area contributed by atoms with Gasteiger partial charge in [0.05, 0.1) is 0 Å². The Morgan fingerprint density at radius 1 is 1.22 bits per heavy atom. The van der Waals surface area contributed by atoms with Gasteiger partial charge in [-0.1, -0.05) is 0 Å². The summed E-state index contributed by atoms with van der Waals surface area (Å²) >= 11 is 0. The summed E-state index contributed by atoms with van der Waals surface area (Å²) in [4.78, 5) is 27.4. The molecular weight excluding hydrogens is 298 g/mol. The summed E-state index contributed by atoms with van der Waals surface area (Å²) < 4.78 is 6.95. The van der Waals surface area contributed by atoms with Crippen LogP contribution in [0.15, 0.2) is 16.9 Å². The van der Waals surface area contributed by atoms with Gasteiger partial charge in [0.15, 0.2) is 0 Å². The van der Waals surface area contributed by atoms with E-state index in [9.17, 15) is 9.59 Å². The van der Waals surface area contributed by atoms with Crippen molar-refractivity contribution in [3.63, 3.8) is 0 Å². The Hall–Kier alpha value is -2.09. The van der Waals surface area contributed by atoms with Crippen molar-refractivity contribution in [2.45, 2.75) is 18.9 Å². The SMILES string of the molecule is Cn1nc(N2CCC(OC(=O)N3CCNCC3)CC2)ccc1=O. The van der Waals surface area contributed by atoms with Crippen molar-refractivity contribution in [2.75, 3.05) is 44.2 Å². The molecule has 2 aliphatic heterocycles. The van der Waals surface area contributed by atoms with Crippen LogP contribution in [-0.2, 0) is 11.8 Å². The number of amides is 1. The molecule has 8 nitrogen and oxygen atoms in total. The maximum atomic E-state index is 12.1. The van der Waals surface area contributed by atoms with E-state index in [0.29, 0.717) is 13.1 Å². The fourth-order valence-corrected chi connectivity index (χ4v) is 2.93. The Kier molecular flexibility index (Phi) is 4.80. The normalized spacial score (nSPS) is 19.7. The van der Waals surface area contributed by atoms with Crippen molar-refractivity contribution in [1.29, 1.82) is 0 Å². The number of hydrogen-bond donors (Lipinski definition) is 1. The molecule has 0 bridgehead atoms. The number of hydrogen-bond acceptors (Lipinski definition) is 6. The minimum Gasteiger partial charge on any atom is -0.446 e. The predicted molar refractivity (Wildman–Crippen MR) is 85.6 cm³/mol. The molecule has 0 aliphatic carbocycles. The molecule has 2 aliphatic rings. The molecular formula is C15H23N5O3. The maximum Gasteiger partial charge on any atom is 0.410 e. The molecule has 0 atom stereocenters. The number of piperazine rings is 1. The molecule has 0 saturated carbocycles. The van der Waals surface area contributed by atoms with E-state index >= 15 is 0 Å². The number of carbonyl (C=O) groups excluding carboxylic acids is 1. The molecule has 1 aromatic heterocycles. The first-order chi connectivity index (χ1) is 11.1. The highest BCUT2D eigenvalue weighted by molar-refractivity contribution is 5.68. The molecule has 8 heteroatoms. The number of carbonyl (C=O) groups is 1. The van der Waals surface area contributed by atoms with Crippen LogP contribution in [0.4, 0.5) is 10.6 Å². The van der Waals surface area contributed by atoms with Crippen molar-refractivity contribution in [3.8, 4) is 0 Å². The number of piperidine rings is 1. The molecule has 0 aromatic carbocycles. The van der Waals surface area contributed by atoms with E-state index in [1.165, 1.54) is 10.7 Å². The van der Waals surface area contributed by atoms with Crippen LogP contribution in [0.5, 0.6) is 0 Å². The minimum atomic E-state index is -0.204. The highest BCUT2D eigenvalue weighted by atomic mass is 16.6. The molecule has 0 unspecified atom stereocenters. The van der Waals surface area contributed by atoms with Gasteiger partial charge in [-0.05, 0) is 6.07 Å². The van der Waals surface area contributed by atoms with Crippen LogP contribution in [0.2, 0.25) is 0 Å². The van der Waals surface area contributed by atoms with Crippen LogP contribution < -0.4 is 15.8 Å². The molecule has 0 radical (unpaired) electrons. The maximum absolute atomic E-state index is 12.1. The van der Waals surface area contributed by atoms with E-state index in [2.05, 4.69) is 15.3 Å². The summed E-state index contributed by atoms with van der Waals surface area (Å²) in [7, 11) is 1.65. The zero-order chi connectivity index (χ0) is 16.2. The average molecular weight is 321 g/mol. The third-order valence-corrected chi connectivity index (χ3v) is 4.36. The third kappa shape index (κ3) is 3.82. The Labute approximate surface area is 135 Å².